The summed E-state index contributed by atoms with van der Waals surface area (Å²) in [4.78, 5) is 14.1. The fourth-order valence-corrected chi connectivity index (χ4v) is 2.59. The highest BCUT2D eigenvalue weighted by Crippen LogP contribution is 2.47. The van der Waals surface area contributed by atoms with Crippen LogP contribution in [0.25, 0.3) is 0 Å². The minimum Gasteiger partial charge on any atom is -0.343 e. The third-order valence-corrected chi connectivity index (χ3v) is 3.88. The van der Waals surface area contributed by atoms with Crippen molar-refractivity contribution in [3.63, 3.8) is 0 Å². The summed E-state index contributed by atoms with van der Waals surface area (Å²) in [6, 6.07) is 10.1. The Bertz CT molecular complexity index is 400. The van der Waals surface area contributed by atoms with Crippen molar-refractivity contribution in [1.29, 1.82) is 0 Å². The molecule has 1 saturated carbocycles. The molecule has 0 radical (unpaired) electrons. The van der Waals surface area contributed by atoms with Gasteiger partial charge in [-0.05, 0) is 31.7 Å². The lowest BCUT2D eigenvalue weighted by Gasteiger charge is -2.19. The van der Waals surface area contributed by atoms with E-state index in [9.17, 15) is 4.79 Å². The molecule has 0 spiro atoms. The van der Waals surface area contributed by atoms with Gasteiger partial charge in [0.05, 0.1) is 0 Å². The maximum absolute atomic E-state index is 12.2. The normalized spacial score (nSPS) is 23.5. The van der Waals surface area contributed by atoms with E-state index in [0.29, 0.717) is 5.92 Å². The van der Waals surface area contributed by atoms with Crippen LogP contribution in [-0.4, -0.2) is 23.9 Å². The average molecular weight is 246 g/mol. The number of carbonyl (C=O) groups excluding carboxylic acids is 1. The van der Waals surface area contributed by atoms with Gasteiger partial charge in [-0.3, -0.25) is 4.79 Å². The summed E-state index contributed by atoms with van der Waals surface area (Å²) >= 11 is 0. The average Bonchev–Trinajstić information content (AvgIpc) is 3.20. The van der Waals surface area contributed by atoms with Crippen LogP contribution < -0.4 is 5.73 Å². The molecule has 0 aromatic heterocycles. The van der Waals surface area contributed by atoms with E-state index < -0.39 is 0 Å². The number of benzene rings is 1. The fourth-order valence-electron chi connectivity index (χ4n) is 2.59. The molecule has 98 valence electrons. The van der Waals surface area contributed by atoms with Crippen LogP contribution in [-0.2, 0) is 4.79 Å². The predicted molar refractivity (Wildman–Crippen MR) is 72.9 cm³/mol. The van der Waals surface area contributed by atoms with Crippen molar-refractivity contribution in [2.45, 2.75) is 26.3 Å². The first-order valence-corrected chi connectivity index (χ1v) is 6.78. The van der Waals surface area contributed by atoms with E-state index >= 15 is 0 Å². The summed E-state index contributed by atoms with van der Waals surface area (Å²) in [6.07, 6.45) is 0.936. The van der Waals surface area contributed by atoms with E-state index in [4.69, 9.17) is 5.73 Å². The Morgan fingerprint density at radius 1 is 1.33 bits per heavy atom. The van der Waals surface area contributed by atoms with Gasteiger partial charge in [-0.2, -0.15) is 0 Å². The molecule has 3 atom stereocenters. The zero-order chi connectivity index (χ0) is 13.1. The SMILES string of the molecule is CCN(CC)C(=O)[C@@H]1C[C@@H]1C(N)c1ccccc1. The molecule has 1 aliphatic carbocycles. The van der Waals surface area contributed by atoms with Gasteiger partial charge in [-0.25, -0.2) is 0 Å². The van der Waals surface area contributed by atoms with E-state index in [0.717, 1.165) is 25.1 Å². The number of hydrogen-bond donors (Lipinski definition) is 1. The summed E-state index contributed by atoms with van der Waals surface area (Å²) < 4.78 is 0. The molecular formula is C15H22N2O. The van der Waals surface area contributed by atoms with Gasteiger partial charge in [0.15, 0.2) is 0 Å². The Hall–Kier alpha value is -1.35. The summed E-state index contributed by atoms with van der Waals surface area (Å²) in [5, 5.41) is 0. The Balaban J connectivity index is 1.97. The maximum atomic E-state index is 12.2. The van der Waals surface area contributed by atoms with E-state index in [-0.39, 0.29) is 17.9 Å². The van der Waals surface area contributed by atoms with Crippen molar-refractivity contribution >= 4 is 5.91 Å². The molecule has 18 heavy (non-hydrogen) atoms. The van der Waals surface area contributed by atoms with Crippen LogP contribution in [0.15, 0.2) is 30.3 Å². The molecule has 1 aromatic carbocycles. The molecule has 3 heteroatoms. The lowest BCUT2D eigenvalue weighted by atomic mass is 10.0. The Kier molecular flexibility index (Phi) is 4.02. The van der Waals surface area contributed by atoms with E-state index in [1.54, 1.807) is 0 Å². The Morgan fingerprint density at radius 3 is 2.50 bits per heavy atom. The van der Waals surface area contributed by atoms with Gasteiger partial charge in [0.2, 0.25) is 5.91 Å². The van der Waals surface area contributed by atoms with Crippen LogP contribution in [0.4, 0.5) is 0 Å². The number of amides is 1. The van der Waals surface area contributed by atoms with Crippen molar-refractivity contribution in [2.24, 2.45) is 17.6 Å². The molecule has 1 fully saturated rings. The zero-order valence-electron chi connectivity index (χ0n) is 11.2. The monoisotopic (exact) mass is 246 g/mol. The minimum absolute atomic E-state index is 0.00397. The Labute approximate surface area is 109 Å². The van der Waals surface area contributed by atoms with Crippen LogP contribution in [0.5, 0.6) is 0 Å². The molecule has 0 bridgehead atoms. The molecule has 1 aromatic rings. The number of rotatable bonds is 5. The first-order valence-electron chi connectivity index (χ1n) is 6.78. The highest BCUT2D eigenvalue weighted by molar-refractivity contribution is 5.81. The standard InChI is InChI=1S/C15H22N2O/c1-3-17(4-2)15(18)13-10-12(13)14(16)11-8-6-5-7-9-11/h5-9,12-14H,3-4,10,16H2,1-2H3/t12-,13+,14?/m0/s1. The molecule has 0 saturated heterocycles. The van der Waals surface area contributed by atoms with Crippen LogP contribution in [0.1, 0.15) is 31.9 Å². The van der Waals surface area contributed by atoms with Crippen molar-refractivity contribution in [2.75, 3.05) is 13.1 Å². The van der Waals surface area contributed by atoms with Gasteiger partial charge in [0.25, 0.3) is 0 Å². The summed E-state index contributed by atoms with van der Waals surface area (Å²) in [6.45, 7) is 5.63. The van der Waals surface area contributed by atoms with Crippen molar-refractivity contribution in [3.8, 4) is 0 Å². The summed E-state index contributed by atoms with van der Waals surface area (Å²) in [7, 11) is 0. The molecular weight excluding hydrogens is 224 g/mol. The van der Waals surface area contributed by atoms with Gasteiger partial charge < -0.3 is 10.6 Å². The number of nitrogens with zero attached hydrogens (tertiary/aromatic N) is 1. The zero-order valence-corrected chi connectivity index (χ0v) is 11.2. The highest BCUT2D eigenvalue weighted by Gasteiger charge is 2.47. The smallest absolute Gasteiger partial charge is 0.226 e. The maximum Gasteiger partial charge on any atom is 0.226 e. The van der Waals surface area contributed by atoms with Crippen LogP contribution in [0.2, 0.25) is 0 Å². The molecule has 2 rings (SSSR count). The Morgan fingerprint density at radius 2 is 1.94 bits per heavy atom. The molecule has 1 unspecified atom stereocenters. The fraction of sp³-hybridized carbons (Fsp3) is 0.533. The molecule has 3 nitrogen and oxygen atoms in total. The molecule has 1 amide bonds. The first-order chi connectivity index (χ1) is 8.69. The summed E-state index contributed by atoms with van der Waals surface area (Å²) in [5.74, 6) is 0.733. The molecule has 2 N–H and O–H groups in total. The first kappa shape index (κ1) is 13.1. The van der Waals surface area contributed by atoms with E-state index in [1.807, 2.05) is 49.1 Å². The van der Waals surface area contributed by atoms with Crippen molar-refractivity contribution < 1.29 is 4.79 Å². The highest BCUT2D eigenvalue weighted by atomic mass is 16.2. The van der Waals surface area contributed by atoms with Crippen LogP contribution >= 0.6 is 0 Å². The number of hydrogen-bond acceptors (Lipinski definition) is 2. The largest absolute Gasteiger partial charge is 0.343 e. The van der Waals surface area contributed by atoms with Gasteiger partial charge in [0.1, 0.15) is 0 Å². The molecule has 1 aliphatic rings. The second kappa shape index (κ2) is 5.53. The van der Waals surface area contributed by atoms with Gasteiger partial charge in [-0.15, -0.1) is 0 Å². The van der Waals surface area contributed by atoms with Gasteiger partial charge >= 0.3 is 0 Å². The minimum atomic E-state index is -0.00397. The van der Waals surface area contributed by atoms with Gasteiger partial charge in [-0.1, -0.05) is 30.3 Å². The van der Waals surface area contributed by atoms with Crippen LogP contribution in [0.3, 0.4) is 0 Å². The van der Waals surface area contributed by atoms with Crippen molar-refractivity contribution in [1.82, 2.24) is 4.90 Å². The second-order valence-corrected chi connectivity index (χ2v) is 4.95. The molecule has 0 aliphatic heterocycles. The lowest BCUT2D eigenvalue weighted by molar-refractivity contribution is -0.132. The van der Waals surface area contributed by atoms with E-state index in [1.165, 1.54) is 0 Å². The third-order valence-electron chi connectivity index (χ3n) is 3.88. The van der Waals surface area contributed by atoms with Gasteiger partial charge in [0, 0.05) is 25.0 Å². The van der Waals surface area contributed by atoms with E-state index in [2.05, 4.69) is 0 Å². The lowest BCUT2D eigenvalue weighted by Crippen LogP contribution is -2.33. The topological polar surface area (TPSA) is 46.3 Å². The number of nitrogens with two attached hydrogens (primary N) is 1. The third kappa shape index (κ3) is 2.56. The van der Waals surface area contributed by atoms with Crippen LogP contribution in [0, 0.1) is 11.8 Å². The molecule has 0 heterocycles. The number of carbonyl (C=O) groups is 1. The van der Waals surface area contributed by atoms with Crippen molar-refractivity contribution in [3.05, 3.63) is 35.9 Å². The predicted octanol–water partition coefficient (Wildman–Crippen LogP) is 2.19. The quantitative estimate of drug-likeness (QED) is 0.865. The second-order valence-electron chi connectivity index (χ2n) is 4.95. The summed E-state index contributed by atoms with van der Waals surface area (Å²) in [5.41, 5.74) is 7.38.